The van der Waals surface area contributed by atoms with E-state index in [0.717, 1.165) is 17.5 Å². The van der Waals surface area contributed by atoms with Gasteiger partial charge in [-0.1, -0.05) is 19.1 Å². The first-order valence-electron chi connectivity index (χ1n) is 7.20. The molecule has 2 aromatic rings. The van der Waals surface area contributed by atoms with Crippen molar-refractivity contribution in [3.8, 4) is 11.1 Å². The van der Waals surface area contributed by atoms with E-state index in [4.69, 9.17) is 0 Å². The second-order valence-corrected chi connectivity index (χ2v) is 5.77. The largest absolute Gasteiger partial charge is 0.391 e. The number of amides is 1. The molecule has 2 atom stereocenters. The van der Waals surface area contributed by atoms with Crippen molar-refractivity contribution in [2.75, 3.05) is 13.1 Å². The molecule has 1 aliphatic rings. The molecule has 1 aliphatic heterocycles. The Morgan fingerprint density at radius 3 is 2.67 bits per heavy atom. The molecule has 0 aliphatic carbocycles. The lowest BCUT2D eigenvalue weighted by atomic mass is 9.97. The first-order chi connectivity index (χ1) is 10.1. The van der Waals surface area contributed by atoms with Crippen LogP contribution in [0, 0.1) is 5.92 Å². The van der Waals surface area contributed by atoms with E-state index in [2.05, 4.69) is 17.1 Å². The summed E-state index contributed by atoms with van der Waals surface area (Å²) in [6.07, 6.45) is 3.92. The van der Waals surface area contributed by atoms with Crippen molar-refractivity contribution in [3.63, 3.8) is 0 Å². The summed E-state index contributed by atoms with van der Waals surface area (Å²) in [4.78, 5) is 14.2. The van der Waals surface area contributed by atoms with Crippen LogP contribution in [-0.2, 0) is 0 Å². The molecule has 5 heteroatoms. The van der Waals surface area contributed by atoms with Gasteiger partial charge in [-0.25, -0.2) is 0 Å². The van der Waals surface area contributed by atoms with Crippen LogP contribution in [0.25, 0.3) is 11.1 Å². The number of aliphatic hydroxyl groups is 1. The van der Waals surface area contributed by atoms with Gasteiger partial charge in [0.05, 0.1) is 12.3 Å². The lowest BCUT2D eigenvalue weighted by Crippen LogP contribution is -2.45. The fourth-order valence-corrected chi connectivity index (χ4v) is 2.88. The van der Waals surface area contributed by atoms with Crippen molar-refractivity contribution < 1.29 is 9.90 Å². The Hall–Kier alpha value is -2.14. The van der Waals surface area contributed by atoms with E-state index in [-0.39, 0.29) is 5.91 Å². The number of nitrogens with zero attached hydrogens (tertiary/aromatic N) is 2. The minimum absolute atomic E-state index is 0.0145. The first kappa shape index (κ1) is 13.8. The lowest BCUT2D eigenvalue weighted by molar-refractivity contribution is 0.0339. The van der Waals surface area contributed by atoms with Crippen LogP contribution in [0.4, 0.5) is 0 Å². The Kier molecular flexibility index (Phi) is 3.75. The molecule has 0 saturated carbocycles. The number of β-amino-alcohol motifs (C(OH)–C–C–N with tert-alkyl or cyclic N) is 1. The first-order valence-corrected chi connectivity index (χ1v) is 7.20. The van der Waals surface area contributed by atoms with E-state index < -0.39 is 6.10 Å². The van der Waals surface area contributed by atoms with Gasteiger partial charge >= 0.3 is 0 Å². The number of hydrogen-bond donors (Lipinski definition) is 2. The van der Waals surface area contributed by atoms with Crippen molar-refractivity contribution >= 4 is 5.91 Å². The second-order valence-electron chi connectivity index (χ2n) is 5.77. The average Bonchev–Trinajstić information content (AvgIpc) is 3.00. The molecular formula is C16H19N3O2. The molecule has 0 bridgehead atoms. The zero-order valence-electron chi connectivity index (χ0n) is 12.0. The van der Waals surface area contributed by atoms with Gasteiger partial charge in [0.1, 0.15) is 0 Å². The standard InChI is InChI=1S/C16H19N3O2/c1-11-6-15(20)10-19(9-11)16(21)13-4-2-12(3-5-13)14-7-17-18-8-14/h2-5,7-8,11,15,20H,6,9-10H2,1H3,(H,17,18)/t11-,15+/m1/s1. The van der Waals surface area contributed by atoms with Crippen molar-refractivity contribution in [2.45, 2.75) is 19.4 Å². The SMILES string of the molecule is C[C@@H]1C[C@H](O)CN(C(=O)c2ccc(-c3cn[nH]c3)cc2)C1. The summed E-state index contributed by atoms with van der Waals surface area (Å²) in [5, 5.41) is 16.5. The smallest absolute Gasteiger partial charge is 0.253 e. The molecule has 5 nitrogen and oxygen atoms in total. The monoisotopic (exact) mass is 285 g/mol. The van der Waals surface area contributed by atoms with Gasteiger partial charge < -0.3 is 10.0 Å². The van der Waals surface area contributed by atoms with Crippen LogP contribution in [0.2, 0.25) is 0 Å². The topological polar surface area (TPSA) is 69.2 Å². The molecule has 2 heterocycles. The molecule has 3 rings (SSSR count). The molecule has 21 heavy (non-hydrogen) atoms. The molecule has 0 spiro atoms. The van der Waals surface area contributed by atoms with Crippen LogP contribution < -0.4 is 0 Å². The highest BCUT2D eigenvalue weighted by Crippen LogP contribution is 2.21. The molecule has 1 aromatic heterocycles. The third-order valence-corrected chi connectivity index (χ3v) is 3.89. The van der Waals surface area contributed by atoms with E-state index in [1.807, 2.05) is 30.5 Å². The summed E-state index contributed by atoms with van der Waals surface area (Å²) in [7, 11) is 0. The average molecular weight is 285 g/mol. The summed E-state index contributed by atoms with van der Waals surface area (Å²) in [6, 6.07) is 7.50. The summed E-state index contributed by atoms with van der Waals surface area (Å²) < 4.78 is 0. The summed E-state index contributed by atoms with van der Waals surface area (Å²) in [6.45, 7) is 3.19. The number of benzene rings is 1. The highest BCUT2D eigenvalue weighted by molar-refractivity contribution is 5.94. The van der Waals surface area contributed by atoms with Crippen molar-refractivity contribution in [2.24, 2.45) is 5.92 Å². The fourth-order valence-electron chi connectivity index (χ4n) is 2.88. The number of H-pyrrole nitrogens is 1. The highest BCUT2D eigenvalue weighted by atomic mass is 16.3. The molecule has 1 amide bonds. The zero-order chi connectivity index (χ0) is 14.8. The molecule has 0 radical (unpaired) electrons. The number of aromatic nitrogens is 2. The molecule has 1 fully saturated rings. The van der Waals surface area contributed by atoms with Crippen LogP contribution in [0.15, 0.2) is 36.7 Å². The minimum atomic E-state index is -0.414. The van der Waals surface area contributed by atoms with Gasteiger partial charge in [-0.3, -0.25) is 9.89 Å². The van der Waals surface area contributed by atoms with Gasteiger partial charge in [-0.2, -0.15) is 5.10 Å². The predicted molar refractivity (Wildman–Crippen MR) is 79.7 cm³/mol. The Bertz CT molecular complexity index is 597. The molecule has 1 aromatic carbocycles. The van der Waals surface area contributed by atoms with Gasteiger partial charge in [-0.15, -0.1) is 0 Å². The Labute approximate surface area is 123 Å². The summed E-state index contributed by atoms with van der Waals surface area (Å²) >= 11 is 0. The van der Waals surface area contributed by atoms with E-state index >= 15 is 0 Å². The Morgan fingerprint density at radius 2 is 2.05 bits per heavy atom. The van der Waals surface area contributed by atoms with E-state index in [1.165, 1.54) is 0 Å². The van der Waals surface area contributed by atoms with Crippen LogP contribution in [0.5, 0.6) is 0 Å². The second kappa shape index (κ2) is 5.69. The summed E-state index contributed by atoms with van der Waals surface area (Å²) in [5.41, 5.74) is 2.67. The van der Waals surface area contributed by atoms with Crippen LogP contribution in [-0.4, -0.2) is 45.3 Å². The number of piperidine rings is 1. The number of aromatic amines is 1. The molecule has 110 valence electrons. The van der Waals surface area contributed by atoms with Gasteiger partial charge in [0.25, 0.3) is 5.91 Å². The summed E-state index contributed by atoms with van der Waals surface area (Å²) in [5.74, 6) is 0.322. The normalized spacial score (nSPS) is 22.3. The fraction of sp³-hybridized carbons (Fsp3) is 0.375. The van der Waals surface area contributed by atoms with Crippen molar-refractivity contribution in [1.82, 2.24) is 15.1 Å². The number of carbonyl (C=O) groups excluding carboxylic acids is 1. The Morgan fingerprint density at radius 1 is 1.29 bits per heavy atom. The maximum Gasteiger partial charge on any atom is 0.253 e. The molecular weight excluding hydrogens is 266 g/mol. The van der Waals surface area contributed by atoms with Gasteiger partial charge in [0.15, 0.2) is 0 Å². The number of likely N-dealkylation sites (tertiary alicyclic amines) is 1. The maximum absolute atomic E-state index is 12.5. The van der Waals surface area contributed by atoms with Crippen LogP contribution >= 0.6 is 0 Å². The highest BCUT2D eigenvalue weighted by Gasteiger charge is 2.27. The number of aliphatic hydroxyl groups excluding tert-OH is 1. The van der Waals surface area contributed by atoms with Crippen LogP contribution in [0.3, 0.4) is 0 Å². The van der Waals surface area contributed by atoms with Crippen LogP contribution in [0.1, 0.15) is 23.7 Å². The predicted octanol–water partition coefficient (Wildman–Crippen LogP) is 1.92. The van der Waals surface area contributed by atoms with E-state index in [1.54, 1.807) is 11.1 Å². The van der Waals surface area contributed by atoms with Gasteiger partial charge in [0.2, 0.25) is 0 Å². The number of carbonyl (C=O) groups is 1. The Balaban J connectivity index is 1.76. The van der Waals surface area contributed by atoms with E-state index in [9.17, 15) is 9.90 Å². The minimum Gasteiger partial charge on any atom is -0.391 e. The number of rotatable bonds is 2. The van der Waals surface area contributed by atoms with Gasteiger partial charge in [-0.05, 0) is 30.0 Å². The maximum atomic E-state index is 12.5. The quantitative estimate of drug-likeness (QED) is 0.885. The molecule has 0 unspecified atom stereocenters. The third-order valence-electron chi connectivity index (χ3n) is 3.89. The molecule has 1 saturated heterocycles. The molecule has 2 N–H and O–H groups in total. The van der Waals surface area contributed by atoms with E-state index in [0.29, 0.717) is 24.6 Å². The zero-order valence-corrected chi connectivity index (χ0v) is 12.0. The number of hydrogen-bond acceptors (Lipinski definition) is 3. The number of nitrogens with one attached hydrogen (secondary N) is 1. The lowest BCUT2D eigenvalue weighted by Gasteiger charge is -2.34. The van der Waals surface area contributed by atoms with Crippen molar-refractivity contribution in [1.29, 1.82) is 0 Å². The third kappa shape index (κ3) is 2.97. The van der Waals surface area contributed by atoms with Crippen molar-refractivity contribution in [3.05, 3.63) is 42.2 Å². The van der Waals surface area contributed by atoms with Gasteiger partial charge in [0, 0.05) is 30.4 Å².